The second-order valence-electron chi connectivity index (χ2n) is 7.66. The van der Waals surface area contributed by atoms with E-state index in [4.69, 9.17) is 4.74 Å². The fourth-order valence-electron chi connectivity index (χ4n) is 3.53. The number of aliphatic hydroxyl groups is 1. The minimum atomic E-state index is -3.08. The Morgan fingerprint density at radius 2 is 1.87 bits per heavy atom. The van der Waals surface area contributed by atoms with Crippen LogP contribution in [0.2, 0.25) is 0 Å². The minimum Gasteiger partial charge on any atom is -0.491 e. The van der Waals surface area contributed by atoms with E-state index >= 15 is 0 Å². The normalized spacial score (nSPS) is 19.0. The Hall–Kier alpha value is -2.29. The van der Waals surface area contributed by atoms with Gasteiger partial charge in [-0.05, 0) is 55.3 Å². The smallest absolute Gasteiger partial charge is 0.159 e. The molecule has 2 unspecified atom stereocenters. The molecule has 1 aliphatic heterocycles. The second-order valence-corrected chi connectivity index (χ2v) is 9.89. The quantitative estimate of drug-likeness (QED) is 0.609. The van der Waals surface area contributed by atoms with Crippen molar-refractivity contribution in [2.24, 2.45) is 0 Å². The maximum Gasteiger partial charge on any atom is 0.159 e. The highest BCUT2D eigenvalue weighted by Gasteiger charge is 2.33. The predicted molar refractivity (Wildman–Crippen MR) is 112 cm³/mol. The number of nitrogens with zero attached hydrogens (tertiary/aromatic N) is 1. The molecule has 30 heavy (non-hydrogen) atoms. The number of ketones is 1. The number of carbonyl (C=O) groups is 1. The van der Waals surface area contributed by atoms with Gasteiger partial charge in [0.05, 0.1) is 11.5 Å². The highest BCUT2D eigenvalue weighted by molar-refractivity contribution is 7.91. The van der Waals surface area contributed by atoms with Gasteiger partial charge in [-0.25, -0.2) is 12.8 Å². The van der Waals surface area contributed by atoms with Crippen molar-refractivity contribution >= 4 is 15.6 Å². The van der Waals surface area contributed by atoms with Crippen molar-refractivity contribution in [2.45, 2.75) is 32.0 Å². The minimum absolute atomic E-state index is 0.0266. The van der Waals surface area contributed by atoms with Crippen LogP contribution in [0.5, 0.6) is 5.75 Å². The molecule has 0 saturated carbocycles. The molecule has 0 spiro atoms. The predicted octanol–water partition coefficient (Wildman–Crippen LogP) is 2.46. The SMILES string of the molecule is CC(=O)c1ccc(OCC(O)CN(Cc2ccc(F)cc2)C2CCS(=O)(=O)C2)cc1. The number of halogens is 1. The summed E-state index contributed by atoms with van der Waals surface area (Å²) in [6.45, 7) is 2.14. The lowest BCUT2D eigenvalue weighted by Crippen LogP contribution is -2.42. The van der Waals surface area contributed by atoms with Crippen LogP contribution in [0.1, 0.15) is 29.3 Å². The molecule has 0 amide bonds. The maximum absolute atomic E-state index is 13.2. The zero-order valence-corrected chi connectivity index (χ0v) is 17.6. The molecule has 162 valence electrons. The largest absolute Gasteiger partial charge is 0.491 e. The lowest BCUT2D eigenvalue weighted by atomic mass is 10.1. The average Bonchev–Trinajstić information content (AvgIpc) is 3.07. The van der Waals surface area contributed by atoms with Crippen molar-refractivity contribution in [3.63, 3.8) is 0 Å². The lowest BCUT2D eigenvalue weighted by molar-refractivity contribution is 0.0524. The van der Waals surface area contributed by atoms with E-state index in [1.807, 2.05) is 4.90 Å². The third kappa shape index (κ3) is 6.35. The second kappa shape index (κ2) is 9.68. The molecule has 3 rings (SSSR count). The first-order chi connectivity index (χ1) is 14.2. The van der Waals surface area contributed by atoms with Gasteiger partial charge in [0, 0.05) is 24.7 Å². The summed E-state index contributed by atoms with van der Waals surface area (Å²) in [6.07, 6.45) is -0.342. The van der Waals surface area contributed by atoms with Gasteiger partial charge >= 0.3 is 0 Å². The van der Waals surface area contributed by atoms with Crippen molar-refractivity contribution in [3.05, 3.63) is 65.5 Å². The van der Waals surface area contributed by atoms with Gasteiger partial charge in [0.25, 0.3) is 0 Å². The van der Waals surface area contributed by atoms with Crippen molar-refractivity contribution < 1.29 is 27.4 Å². The van der Waals surface area contributed by atoms with E-state index in [-0.39, 0.29) is 42.3 Å². The van der Waals surface area contributed by atoms with Crippen molar-refractivity contribution in [1.82, 2.24) is 4.90 Å². The molecule has 1 saturated heterocycles. The van der Waals surface area contributed by atoms with E-state index in [2.05, 4.69) is 0 Å². The van der Waals surface area contributed by atoms with Crippen LogP contribution >= 0.6 is 0 Å². The fourth-order valence-corrected chi connectivity index (χ4v) is 5.29. The Morgan fingerprint density at radius 1 is 1.20 bits per heavy atom. The summed E-state index contributed by atoms with van der Waals surface area (Å²) in [5, 5.41) is 10.5. The van der Waals surface area contributed by atoms with Gasteiger partial charge in [-0.3, -0.25) is 9.69 Å². The number of sulfone groups is 1. The molecule has 2 atom stereocenters. The molecule has 2 aromatic carbocycles. The summed E-state index contributed by atoms with van der Waals surface area (Å²) >= 11 is 0. The number of ether oxygens (including phenoxy) is 1. The van der Waals surface area contributed by atoms with Crippen molar-refractivity contribution in [3.8, 4) is 5.75 Å². The number of aliphatic hydroxyl groups excluding tert-OH is 1. The Morgan fingerprint density at radius 3 is 2.43 bits per heavy atom. The van der Waals surface area contributed by atoms with Gasteiger partial charge in [0.1, 0.15) is 24.3 Å². The first-order valence-corrected chi connectivity index (χ1v) is 11.6. The summed E-state index contributed by atoms with van der Waals surface area (Å²) < 4.78 is 42.7. The van der Waals surface area contributed by atoms with Gasteiger partial charge in [0.2, 0.25) is 0 Å². The highest BCUT2D eigenvalue weighted by atomic mass is 32.2. The standard InChI is InChI=1S/C22H26FNO5S/c1-16(25)18-4-8-22(9-5-18)29-14-21(26)13-24(20-10-11-30(27,28)15-20)12-17-2-6-19(23)7-3-17/h2-9,20-21,26H,10-15H2,1H3. The van der Waals surface area contributed by atoms with Crippen LogP contribution < -0.4 is 4.74 Å². The summed E-state index contributed by atoms with van der Waals surface area (Å²) in [5.41, 5.74) is 1.42. The van der Waals surface area contributed by atoms with Gasteiger partial charge in [0.15, 0.2) is 15.6 Å². The summed E-state index contributed by atoms with van der Waals surface area (Å²) in [5.74, 6) is 0.344. The number of hydrogen-bond donors (Lipinski definition) is 1. The molecule has 8 heteroatoms. The molecule has 0 radical (unpaired) electrons. The van der Waals surface area contributed by atoms with Crippen LogP contribution in [0.25, 0.3) is 0 Å². The zero-order valence-electron chi connectivity index (χ0n) is 16.8. The Labute approximate surface area is 176 Å². The van der Waals surface area contributed by atoms with E-state index in [1.54, 1.807) is 36.4 Å². The van der Waals surface area contributed by atoms with Crippen LogP contribution in [0.4, 0.5) is 4.39 Å². The molecular weight excluding hydrogens is 409 g/mol. The first-order valence-electron chi connectivity index (χ1n) is 9.82. The summed E-state index contributed by atoms with van der Waals surface area (Å²) in [7, 11) is -3.08. The molecule has 1 N–H and O–H groups in total. The zero-order chi connectivity index (χ0) is 21.7. The van der Waals surface area contributed by atoms with Crippen molar-refractivity contribution in [1.29, 1.82) is 0 Å². The molecule has 0 bridgehead atoms. The van der Waals surface area contributed by atoms with Crippen LogP contribution in [0, 0.1) is 5.82 Å². The average molecular weight is 436 g/mol. The van der Waals surface area contributed by atoms with Crippen molar-refractivity contribution in [2.75, 3.05) is 24.7 Å². The molecule has 0 aromatic heterocycles. The lowest BCUT2D eigenvalue weighted by Gasteiger charge is -2.30. The third-order valence-corrected chi connectivity index (χ3v) is 6.92. The van der Waals surface area contributed by atoms with Crippen LogP contribution in [0.15, 0.2) is 48.5 Å². The molecule has 1 aliphatic rings. The van der Waals surface area contributed by atoms with Crippen LogP contribution in [0.3, 0.4) is 0 Å². The van der Waals surface area contributed by atoms with E-state index < -0.39 is 15.9 Å². The van der Waals surface area contributed by atoms with E-state index in [0.717, 1.165) is 5.56 Å². The monoisotopic (exact) mass is 435 g/mol. The summed E-state index contributed by atoms with van der Waals surface area (Å²) in [6, 6.07) is 12.5. The molecule has 1 heterocycles. The molecule has 6 nitrogen and oxygen atoms in total. The Bertz CT molecular complexity index is 960. The first kappa shape index (κ1) is 22.4. The van der Waals surface area contributed by atoms with E-state index in [9.17, 15) is 22.7 Å². The van der Waals surface area contributed by atoms with Gasteiger partial charge < -0.3 is 9.84 Å². The van der Waals surface area contributed by atoms with Gasteiger partial charge in [-0.15, -0.1) is 0 Å². The number of Topliss-reactive ketones (excluding diaryl/α,β-unsaturated/α-hetero) is 1. The Kier molecular flexibility index (Phi) is 7.23. The van der Waals surface area contributed by atoms with Crippen LogP contribution in [-0.4, -0.2) is 61.0 Å². The number of benzene rings is 2. The molecule has 1 fully saturated rings. The van der Waals surface area contributed by atoms with E-state index in [1.165, 1.54) is 19.1 Å². The number of carbonyl (C=O) groups excluding carboxylic acids is 1. The highest BCUT2D eigenvalue weighted by Crippen LogP contribution is 2.21. The summed E-state index contributed by atoms with van der Waals surface area (Å²) in [4.78, 5) is 13.3. The third-order valence-electron chi connectivity index (χ3n) is 5.17. The molecule has 0 aliphatic carbocycles. The molecule has 2 aromatic rings. The molecular formula is C22H26FNO5S. The van der Waals surface area contributed by atoms with Gasteiger partial charge in [-0.1, -0.05) is 12.1 Å². The number of hydrogen-bond acceptors (Lipinski definition) is 6. The fraction of sp³-hybridized carbons (Fsp3) is 0.409. The number of rotatable bonds is 9. The van der Waals surface area contributed by atoms with E-state index in [0.29, 0.717) is 24.3 Å². The van der Waals surface area contributed by atoms with Gasteiger partial charge in [-0.2, -0.15) is 0 Å². The van der Waals surface area contributed by atoms with Crippen LogP contribution in [-0.2, 0) is 16.4 Å². The maximum atomic E-state index is 13.2. The Balaban J connectivity index is 1.62. The topological polar surface area (TPSA) is 83.9 Å².